The molecule has 0 saturated carbocycles. The molecule has 0 atom stereocenters. The largest absolute Gasteiger partial charge is 0.288 e. The third-order valence-electron chi connectivity index (χ3n) is 2.11. The SMILES string of the molecule is Cc1ccc(C(=O)c2cccs2)c(Cl)c1. The summed E-state index contributed by atoms with van der Waals surface area (Å²) in [5.74, 6) is -0.00463. The molecule has 1 aromatic heterocycles. The number of halogens is 1. The van der Waals surface area contributed by atoms with Crippen molar-refractivity contribution in [1.82, 2.24) is 0 Å². The monoisotopic (exact) mass is 236 g/mol. The molecule has 1 heterocycles. The Morgan fingerprint density at radius 3 is 2.73 bits per heavy atom. The van der Waals surface area contributed by atoms with Gasteiger partial charge in [-0.25, -0.2) is 0 Å². The number of carbonyl (C=O) groups is 1. The minimum absolute atomic E-state index is 0.00463. The highest BCUT2D eigenvalue weighted by molar-refractivity contribution is 7.12. The maximum atomic E-state index is 12.0. The fourth-order valence-corrected chi connectivity index (χ4v) is 2.34. The zero-order chi connectivity index (χ0) is 10.8. The van der Waals surface area contributed by atoms with E-state index in [9.17, 15) is 4.79 Å². The van der Waals surface area contributed by atoms with E-state index in [1.54, 1.807) is 6.07 Å². The minimum atomic E-state index is -0.00463. The molecule has 0 radical (unpaired) electrons. The Bertz CT molecular complexity index is 488. The van der Waals surface area contributed by atoms with Gasteiger partial charge >= 0.3 is 0 Å². The average Bonchev–Trinajstić information content (AvgIpc) is 2.69. The van der Waals surface area contributed by atoms with Gasteiger partial charge in [0.05, 0.1) is 9.90 Å². The van der Waals surface area contributed by atoms with E-state index < -0.39 is 0 Å². The van der Waals surface area contributed by atoms with E-state index >= 15 is 0 Å². The van der Waals surface area contributed by atoms with Crippen molar-refractivity contribution in [2.24, 2.45) is 0 Å². The van der Waals surface area contributed by atoms with Gasteiger partial charge in [-0.15, -0.1) is 11.3 Å². The van der Waals surface area contributed by atoms with Crippen molar-refractivity contribution < 1.29 is 4.79 Å². The topological polar surface area (TPSA) is 17.1 Å². The van der Waals surface area contributed by atoms with E-state index in [0.29, 0.717) is 10.6 Å². The van der Waals surface area contributed by atoms with Crippen LogP contribution in [0.4, 0.5) is 0 Å². The first-order chi connectivity index (χ1) is 7.18. The van der Waals surface area contributed by atoms with Gasteiger partial charge < -0.3 is 0 Å². The molecular weight excluding hydrogens is 228 g/mol. The second-order valence-electron chi connectivity index (χ2n) is 3.29. The van der Waals surface area contributed by atoms with E-state index in [-0.39, 0.29) is 5.78 Å². The third kappa shape index (κ3) is 2.11. The Hall–Kier alpha value is -1.12. The smallest absolute Gasteiger partial charge is 0.204 e. The number of thiophene rings is 1. The fourth-order valence-electron chi connectivity index (χ4n) is 1.34. The molecule has 3 heteroatoms. The predicted octanol–water partition coefficient (Wildman–Crippen LogP) is 3.94. The van der Waals surface area contributed by atoms with Crippen LogP contribution in [-0.2, 0) is 0 Å². The Kier molecular flexibility index (Phi) is 2.89. The van der Waals surface area contributed by atoms with Crippen molar-refractivity contribution in [3.05, 3.63) is 56.7 Å². The quantitative estimate of drug-likeness (QED) is 0.722. The molecule has 0 spiro atoms. The van der Waals surface area contributed by atoms with Crippen molar-refractivity contribution in [2.45, 2.75) is 6.92 Å². The lowest BCUT2D eigenvalue weighted by molar-refractivity contribution is 0.104. The van der Waals surface area contributed by atoms with Crippen molar-refractivity contribution >= 4 is 28.7 Å². The van der Waals surface area contributed by atoms with Gasteiger partial charge in [-0.2, -0.15) is 0 Å². The maximum absolute atomic E-state index is 12.0. The van der Waals surface area contributed by atoms with Crippen LogP contribution in [0.1, 0.15) is 20.8 Å². The number of carbonyl (C=O) groups excluding carboxylic acids is 1. The predicted molar refractivity (Wildman–Crippen MR) is 63.9 cm³/mol. The average molecular weight is 237 g/mol. The summed E-state index contributed by atoms with van der Waals surface area (Å²) in [7, 11) is 0. The van der Waals surface area contributed by atoms with Crippen LogP contribution < -0.4 is 0 Å². The van der Waals surface area contributed by atoms with E-state index in [1.807, 2.05) is 36.6 Å². The number of rotatable bonds is 2. The van der Waals surface area contributed by atoms with Crippen molar-refractivity contribution in [1.29, 1.82) is 0 Å². The summed E-state index contributed by atoms with van der Waals surface area (Å²) in [4.78, 5) is 12.7. The van der Waals surface area contributed by atoms with Crippen LogP contribution in [0.3, 0.4) is 0 Å². The van der Waals surface area contributed by atoms with Crippen LogP contribution >= 0.6 is 22.9 Å². The molecule has 0 amide bonds. The highest BCUT2D eigenvalue weighted by atomic mass is 35.5. The maximum Gasteiger partial charge on any atom is 0.204 e. The molecule has 76 valence electrons. The van der Waals surface area contributed by atoms with Crippen LogP contribution in [0.5, 0.6) is 0 Å². The van der Waals surface area contributed by atoms with Gasteiger partial charge in [0.1, 0.15) is 0 Å². The first-order valence-corrected chi connectivity index (χ1v) is 5.78. The second-order valence-corrected chi connectivity index (χ2v) is 4.64. The lowest BCUT2D eigenvalue weighted by Crippen LogP contribution is -1.99. The van der Waals surface area contributed by atoms with Gasteiger partial charge in [0.15, 0.2) is 0 Å². The van der Waals surface area contributed by atoms with Gasteiger partial charge in [-0.3, -0.25) is 4.79 Å². The molecule has 0 aliphatic carbocycles. The Labute approximate surface area is 97.3 Å². The van der Waals surface area contributed by atoms with Gasteiger partial charge in [-0.1, -0.05) is 23.7 Å². The summed E-state index contributed by atoms with van der Waals surface area (Å²) in [5, 5.41) is 2.41. The van der Waals surface area contributed by atoms with Gasteiger partial charge in [-0.05, 0) is 36.1 Å². The molecule has 0 aliphatic rings. The lowest BCUT2D eigenvalue weighted by Gasteiger charge is -2.02. The molecule has 1 aromatic carbocycles. The van der Waals surface area contributed by atoms with Gasteiger partial charge in [0, 0.05) is 5.56 Å². The molecule has 1 nitrogen and oxygen atoms in total. The third-order valence-corrected chi connectivity index (χ3v) is 3.30. The minimum Gasteiger partial charge on any atom is -0.288 e. The molecule has 0 aliphatic heterocycles. The molecule has 0 bridgehead atoms. The fraction of sp³-hybridized carbons (Fsp3) is 0.0833. The van der Waals surface area contributed by atoms with Crippen LogP contribution in [0.25, 0.3) is 0 Å². The lowest BCUT2D eigenvalue weighted by atomic mass is 10.1. The van der Waals surface area contributed by atoms with Crippen LogP contribution in [0.2, 0.25) is 5.02 Å². The Balaban J connectivity index is 2.42. The van der Waals surface area contributed by atoms with E-state index in [4.69, 9.17) is 11.6 Å². The summed E-state index contributed by atoms with van der Waals surface area (Å²) >= 11 is 7.46. The number of benzene rings is 1. The summed E-state index contributed by atoms with van der Waals surface area (Å²) in [6, 6.07) is 9.15. The summed E-state index contributed by atoms with van der Waals surface area (Å²) < 4.78 is 0. The van der Waals surface area contributed by atoms with Crippen molar-refractivity contribution in [2.75, 3.05) is 0 Å². The Morgan fingerprint density at radius 2 is 2.13 bits per heavy atom. The molecular formula is C12H9ClOS. The van der Waals surface area contributed by atoms with Gasteiger partial charge in [0.2, 0.25) is 5.78 Å². The zero-order valence-electron chi connectivity index (χ0n) is 8.16. The highest BCUT2D eigenvalue weighted by Gasteiger charge is 2.13. The zero-order valence-corrected chi connectivity index (χ0v) is 9.73. The van der Waals surface area contributed by atoms with Crippen LogP contribution in [0.15, 0.2) is 35.7 Å². The number of ketones is 1. The van der Waals surface area contributed by atoms with E-state index in [0.717, 1.165) is 10.4 Å². The normalized spacial score (nSPS) is 10.3. The van der Waals surface area contributed by atoms with E-state index in [2.05, 4.69) is 0 Å². The van der Waals surface area contributed by atoms with Crippen LogP contribution in [0, 0.1) is 6.92 Å². The molecule has 0 N–H and O–H groups in total. The highest BCUT2D eigenvalue weighted by Crippen LogP contribution is 2.22. The van der Waals surface area contributed by atoms with Crippen molar-refractivity contribution in [3.8, 4) is 0 Å². The Morgan fingerprint density at radius 1 is 1.33 bits per heavy atom. The van der Waals surface area contributed by atoms with Gasteiger partial charge in [0.25, 0.3) is 0 Å². The molecule has 0 fully saturated rings. The first-order valence-electron chi connectivity index (χ1n) is 4.53. The summed E-state index contributed by atoms with van der Waals surface area (Å²) in [5.41, 5.74) is 1.63. The molecule has 15 heavy (non-hydrogen) atoms. The number of hydrogen-bond donors (Lipinski definition) is 0. The summed E-state index contributed by atoms with van der Waals surface area (Å²) in [6.07, 6.45) is 0. The van der Waals surface area contributed by atoms with Crippen molar-refractivity contribution in [3.63, 3.8) is 0 Å². The second kappa shape index (κ2) is 4.17. The first kappa shape index (κ1) is 10.4. The molecule has 2 aromatic rings. The standard InChI is InChI=1S/C12H9ClOS/c1-8-4-5-9(10(13)7-8)12(14)11-3-2-6-15-11/h2-7H,1H3. The number of hydrogen-bond acceptors (Lipinski definition) is 2. The molecule has 0 unspecified atom stereocenters. The molecule has 2 rings (SSSR count). The summed E-state index contributed by atoms with van der Waals surface area (Å²) in [6.45, 7) is 1.95. The number of aryl methyl sites for hydroxylation is 1. The molecule has 0 saturated heterocycles. The van der Waals surface area contributed by atoms with Crippen LogP contribution in [-0.4, -0.2) is 5.78 Å². The van der Waals surface area contributed by atoms with E-state index in [1.165, 1.54) is 11.3 Å².